The maximum Gasteiger partial charge on any atom is 0.292 e. The number of aromatic amines is 1. The number of carbonyl (C=O) groups is 1. The van der Waals surface area contributed by atoms with Crippen molar-refractivity contribution in [3.8, 4) is 0 Å². The lowest BCUT2D eigenvalue weighted by atomic mass is 9.99. The molecule has 1 atom stereocenters. The number of hydrogen-bond acceptors (Lipinski definition) is 5. The normalized spacial score (nSPS) is 16.8. The van der Waals surface area contributed by atoms with Gasteiger partial charge >= 0.3 is 0 Å². The fourth-order valence-electron chi connectivity index (χ4n) is 3.43. The molecule has 3 aromatic heterocycles. The van der Waals surface area contributed by atoms with E-state index in [0.717, 1.165) is 5.69 Å². The van der Waals surface area contributed by atoms with Crippen LogP contribution in [0.2, 0.25) is 0 Å². The summed E-state index contributed by atoms with van der Waals surface area (Å²) in [7, 11) is 0. The molecule has 0 bridgehead atoms. The number of H-pyrrole nitrogens is 1. The zero-order chi connectivity index (χ0) is 17.7. The Balaban J connectivity index is 1.69. The molecule has 7 nitrogen and oxygen atoms in total. The van der Waals surface area contributed by atoms with Crippen LogP contribution in [0, 0.1) is 5.82 Å². The number of oxazole rings is 1. The zero-order valence-corrected chi connectivity index (χ0v) is 13.5. The fraction of sp³-hybridized carbons (Fsp3) is 0.167. The molecule has 4 heterocycles. The minimum atomic E-state index is -0.782. The molecule has 1 amide bonds. The summed E-state index contributed by atoms with van der Waals surface area (Å²) in [6, 6.07) is 6.07. The van der Waals surface area contributed by atoms with E-state index in [1.165, 1.54) is 17.5 Å². The summed E-state index contributed by atoms with van der Waals surface area (Å²) in [5.74, 6) is -0.726. The molecule has 1 N–H and O–H groups in total. The van der Waals surface area contributed by atoms with E-state index in [0.29, 0.717) is 29.6 Å². The van der Waals surface area contributed by atoms with Crippen molar-refractivity contribution in [2.24, 2.45) is 0 Å². The summed E-state index contributed by atoms with van der Waals surface area (Å²) < 4.78 is 26.0. The largest absolute Gasteiger partial charge is 0.455 e. The number of nitrogens with zero attached hydrogens (tertiary/aromatic N) is 3. The van der Waals surface area contributed by atoms with Crippen molar-refractivity contribution >= 4 is 16.9 Å². The average molecular weight is 352 g/mol. The Labute approximate surface area is 146 Å². The standard InChI is InChI=1S/C18H13FN4O3/c19-14-10-3-1-2-4-12(10)26-17(14)16-15-11(21-8-22-15)5-6-23(16)18(24)13-7-20-9-25-13/h1-4,7-9,16H,5-6H2,(H,21,22)/t16-/m0/s1. The lowest BCUT2D eigenvalue weighted by Gasteiger charge is -2.33. The molecule has 1 aromatic carbocycles. The lowest BCUT2D eigenvalue weighted by Crippen LogP contribution is -2.40. The Kier molecular flexibility index (Phi) is 3.18. The molecule has 1 aliphatic heterocycles. The Morgan fingerprint density at radius 1 is 1.35 bits per heavy atom. The van der Waals surface area contributed by atoms with E-state index < -0.39 is 11.9 Å². The minimum Gasteiger partial charge on any atom is -0.455 e. The van der Waals surface area contributed by atoms with Gasteiger partial charge in [-0.25, -0.2) is 14.4 Å². The quantitative estimate of drug-likeness (QED) is 0.599. The minimum absolute atomic E-state index is 0.0621. The molecule has 0 saturated heterocycles. The maximum absolute atomic E-state index is 15.1. The maximum atomic E-state index is 15.1. The third-order valence-corrected chi connectivity index (χ3v) is 4.64. The predicted octanol–water partition coefficient (Wildman–Crippen LogP) is 3.07. The second kappa shape index (κ2) is 5.55. The number of halogens is 1. The number of fused-ring (bicyclic) bond motifs is 2. The van der Waals surface area contributed by atoms with Gasteiger partial charge in [0.2, 0.25) is 5.76 Å². The number of para-hydroxylation sites is 1. The van der Waals surface area contributed by atoms with Gasteiger partial charge in [-0.05, 0) is 12.1 Å². The number of hydrogen-bond donors (Lipinski definition) is 1. The highest BCUT2D eigenvalue weighted by molar-refractivity contribution is 5.92. The summed E-state index contributed by atoms with van der Waals surface area (Å²) in [6.07, 6.45) is 4.65. The number of nitrogens with one attached hydrogen (secondary N) is 1. The molecule has 0 aliphatic carbocycles. The first-order valence-corrected chi connectivity index (χ1v) is 8.12. The number of rotatable bonds is 2. The van der Waals surface area contributed by atoms with Crippen LogP contribution in [0.3, 0.4) is 0 Å². The molecule has 0 unspecified atom stereocenters. The van der Waals surface area contributed by atoms with Crippen LogP contribution in [-0.2, 0) is 6.42 Å². The number of furan rings is 1. The number of aromatic nitrogens is 3. The van der Waals surface area contributed by atoms with Gasteiger partial charge in [0.1, 0.15) is 11.6 Å². The van der Waals surface area contributed by atoms with E-state index in [4.69, 9.17) is 8.83 Å². The van der Waals surface area contributed by atoms with Gasteiger partial charge in [0, 0.05) is 18.7 Å². The second-order valence-corrected chi connectivity index (χ2v) is 6.06. The fourth-order valence-corrected chi connectivity index (χ4v) is 3.43. The predicted molar refractivity (Wildman–Crippen MR) is 87.8 cm³/mol. The SMILES string of the molecule is O=C(c1cnco1)N1CCc2[nH]cnc2[C@H]1c1oc2ccccc2c1F. The van der Waals surface area contributed by atoms with Gasteiger partial charge in [-0.15, -0.1) is 0 Å². The summed E-state index contributed by atoms with van der Waals surface area (Å²) in [6.45, 7) is 0.371. The Bertz CT molecular complexity index is 1100. The first-order valence-electron chi connectivity index (χ1n) is 8.12. The van der Waals surface area contributed by atoms with E-state index >= 15 is 4.39 Å². The van der Waals surface area contributed by atoms with Crippen LogP contribution in [0.4, 0.5) is 4.39 Å². The van der Waals surface area contributed by atoms with E-state index in [-0.39, 0.29) is 17.4 Å². The third kappa shape index (κ3) is 2.08. The van der Waals surface area contributed by atoms with E-state index in [1.54, 1.807) is 30.6 Å². The van der Waals surface area contributed by atoms with Crippen molar-refractivity contribution in [2.75, 3.05) is 6.54 Å². The zero-order valence-electron chi connectivity index (χ0n) is 13.5. The summed E-state index contributed by atoms with van der Waals surface area (Å²) in [4.78, 5) is 25.6. The van der Waals surface area contributed by atoms with Crippen LogP contribution >= 0.6 is 0 Å². The van der Waals surface area contributed by atoms with Gasteiger partial charge in [0.15, 0.2) is 18.0 Å². The van der Waals surface area contributed by atoms with Crippen LogP contribution < -0.4 is 0 Å². The monoisotopic (exact) mass is 352 g/mol. The molecule has 0 fully saturated rings. The summed E-state index contributed by atoms with van der Waals surface area (Å²) >= 11 is 0. The number of amides is 1. The Morgan fingerprint density at radius 2 is 2.23 bits per heavy atom. The lowest BCUT2D eigenvalue weighted by molar-refractivity contribution is 0.0636. The van der Waals surface area contributed by atoms with Crippen LogP contribution in [0.5, 0.6) is 0 Å². The van der Waals surface area contributed by atoms with Crippen molar-refractivity contribution in [2.45, 2.75) is 12.5 Å². The van der Waals surface area contributed by atoms with Crippen molar-refractivity contribution in [3.05, 3.63) is 71.9 Å². The Hall–Kier alpha value is -3.42. The van der Waals surface area contributed by atoms with Gasteiger partial charge in [-0.2, -0.15) is 0 Å². The molecule has 4 aromatic rings. The van der Waals surface area contributed by atoms with Gasteiger partial charge in [-0.3, -0.25) is 4.79 Å². The topological polar surface area (TPSA) is 88.2 Å². The molecule has 0 radical (unpaired) electrons. The highest BCUT2D eigenvalue weighted by atomic mass is 19.1. The average Bonchev–Trinajstić information content (AvgIpc) is 3.41. The van der Waals surface area contributed by atoms with Crippen LogP contribution in [0.1, 0.15) is 33.7 Å². The molecule has 0 spiro atoms. The van der Waals surface area contributed by atoms with Crippen molar-refractivity contribution in [3.63, 3.8) is 0 Å². The summed E-state index contributed by atoms with van der Waals surface area (Å²) in [5, 5.41) is 0.372. The van der Waals surface area contributed by atoms with Crippen molar-refractivity contribution in [1.29, 1.82) is 0 Å². The van der Waals surface area contributed by atoms with E-state index in [1.807, 2.05) is 0 Å². The second-order valence-electron chi connectivity index (χ2n) is 6.06. The van der Waals surface area contributed by atoms with Gasteiger partial charge in [0.25, 0.3) is 5.91 Å². The molecule has 1 aliphatic rings. The number of carbonyl (C=O) groups excluding carboxylic acids is 1. The van der Waals surface area contributed by atoms with Gasteiger partial charge in [-0.1, -0.05) is 12.1 Å². The summed E-state index contributed by atoms with van der Waals surface area (Å²) in [5.41, 5.74) is 1.85. The number of benzene rings is 1. The third-order valence-electron chi connectivity index (χ3n) is 4.64. The highest BCUT2D eigenvalue weighted by Gasteiger charge is 2.39. The van der Waals surface area contributed by atoms with E-state index in [9.17, 15) is 4.79 Å². The number of imidazole rings is 1. The molecular formula is C18H13FN4O3. The first kappa shape index (κ1) is 14.9. The molecule has 0 saturated carbocycles. The van der Waals surface area contributed by atoms with Gasteiger partial charge < -0.3 is 18.7 Å². The van der Waals surface area contributed by atoms with Gasteiger partial charge in [0.05, 0.1) is 23.6 Å². The van der Waals surface area contributed by atoms with Crippen LogP contribution in [0.15, 0.2) is 52.0 Å². The smallest absolute Gasteiger partial charge is 0.292 e. The van der Waals surface area contributed by atoms with Crippen molar-refractivity contribution < 1.29 is 18.0 Å². The van der Waals surface area contributed by atoms with Crippen LogP contribution in [-0.4, -0.2) is 32.3 Å². The van der Waals surface area contributed by atoms with E-state index in [2.05, 4.69) is 15.0 Å². The van der Waals surface area contributed by atoms with Crippen LogP contribution in [0.25, 0.3) is 11.0 Å². The first-order chi connectivity index (χ1) is 12.7. The molecule has 5 rings (SSSR count). The Morgan fingerprint density at radius 3 is 3.04 bits per heavy atom. The highest BCUT2D eigenvalue weighted by Crippen LogP contribution is 2.39. The molecule has 26 heavy (non-hydrogen) atoms. The molecule has 130 valence electrons. The molecule has 8 heteroatoms. The van der Waals surface area contributed by atoms with Crippen molar-refractivity contribution in [1.82, 2.24) is 19.9 Å². The molecular weight excluding hydrogens is 339 g/mol.